The third kappa shape index (κ3) is 2.11. The van der Waals surface area contributed by atoms with Gasteiger partial charge >= 0.3 is 0 Å². The minimum absolute atomic E-state index is 0.111. The Morgan fingerprint density at radius 1 is 0.600 bits per heavy atom. The lowest BCUT2D eigenvalue weighted by atomic mass is 9.59. The average molecular weight is 424 g/mol. The van der Waals surface area contributed by atoms with E-state index in [4.69, 9.17) is 0 Å². The zero-order valence-corrected chi connectivity index (χ0v) is 16.8. The topological polar surface area (TPSA) is 190 Å². The fourth-order valence-electron chi connectivity index (χ4n) is 3.97. The molecule has 140 valence electrons. The molecule has 0 aromatic carbocycles. The first-order valence-electron chi connectivity index (χ1n) is 8.42. The molecule has 1 aliphatic heterocycles. The lowest BCUT2D eigenvalue weighted by molar-refractivity contribution is 0.281. The molecule has 0 saturated carbocycles. The minimum atomic E-state index is -2.06. The summed E-state index contributed by atoms with van der Waals surface area (Å²) in [5.74, 6) is 0. The normalized spacial score (nSPS) is 28.0. The van der Waals surface area contributed by atoms with Crippen LogP contribution in [0.5, 0.6) is 0 Å². The quantitative estimate of drug-likeness (QED) is 0.558. The minimum Gasteiger partial charge on any atom is -0.196 e. The molecule has 2 aliphatic carbocycles. The molecule has 0 spiro atoms. The van der Waals surface area contributed by atoms with Crippen LogP contribution in [0.4, 0.5) is 0 Å². The van der Waals surface area contributed by atoms with Crippen LogP contribution >= 0.6 is 23.5 Å². The molecule has 0 aromatic rings. The Labute approximate surface area is 181 Å². The molecular weight excluding hydrogens is 416 g/mol. The van der Waals surface area contributed by atoms with E-state index >= 15 is 0 Å². The number of hydrogen-bond acceptors (Lipinski definition) is 10. The van der Waals surface area contributed by atoms with Crippen LogP contribution in [0, 0.1) is 112 Å². The number of hydrogen-bond donors (Lipinski definition) is 0. The van der Waals surface area contributed by atoms with Crippen molar-refractivity contribution in [2.24, 2.45) is 21.7 Å². The van der Waals surface area contributed by atoms with Crippen LogP contribution in [0.3, 0.4) is 0 Å². The number of rotatable bonds is 0. The molecule has 2 atom stereocenters. The van der Waals surface area contributed by atoms with E-state index in [2.05, 4.69) is 0 Å². The molecule has 30 heavy (non-hydrogen) atoms. The van der Waals surface area contributed by atoms with E-state index in [-0.39, 0.29) is 12.8 Å². The van der Waals surface area contributed by atoms with Gasteiger partial charge in [-0.2, -0.15) is 42.1 Å². The van der Waals surface area contributed by atoms with E-state index in [0.717, 1.165) is 11.8 Å². The summed E-state index contributed by atoms with van der Waals surface area (Å²) in [6, 6.07) is 14.8. The van der Waals surface area contributed by atoms with Crippen molar-refractivity contribution < 1.29 is 0 Å². The van der Waals surface area contributed by atoms with Gasteiger partial charge in [0.1, 0.15) is 0 Å². The Morgan fingerprint density at radius 3 is 1.20 bits per heavy atom. The van der Waals surface area contributed by atoms with Crippen molar-refractivity contribution in [1.29, 1.82) is 42.1 Å². The number of allylic oxidation sites excluding steroid dienone is 2. The predicted molar refractivity (Wildman–Crippen MR) is 103 cm³/mol. The molecule has 0 bridgehead atoms. The van der Waals surface area contributed by atoms with E-state index in [0.29, 0.717) is 9.81 Å². The Bertz CT molecular complexity index is 1080. The number of nitrogens with zero attached hydrogens (tertiary/aromatic N) is 8. The molecule has 1 fully saturated rings. The molecular formula is C20H8N8S2. The molecule has 3 rings (SSSR count). The van der Waals surface area contributed by atoms with Crippen molar-refractivity contribution in [1.82, 2.24) is 0 Å². The molecule has 0 aromatic heterocycles. The monoisotopic (exact) mass is 424 g/mol. The van der Waals surface area contributed by atoms with Crippen LogP contribution in [0.15, 0.2) is 22.0 Å². The molecule has 3 aliphatic rings. The van der Waals surface area contributed by atoms with Crippen molar-refractivity contribution in [3.8, 4) is 48.6 Å². The van der Waals surface area contributed by atoms with Gasteiger partial charge in [0.05, 0.1) is 59.1 Å². The molecule has 0 amide bonds. The smallest absolute Gasteiger partial charge is 0.191 e. The second-order valence-electron chi connectivity index (χ2n) is 6.94. The summed E-state index contributed by atoms with van der Waals surface area (Å²) in [6.07, 6.45) is 3.05. The van der Waals surface area contributed by atoms with Gasteiger partial charge in [-0.3, -0.25) is 0 Å². The van der Waals surface area contributed by atoms with E-state index in [1.807, 2.05) is 48.6 Å². The standard InChI is InChI=1S/C20H8N8S2/c21-5-17(6-22)3-1-13-15(19(17,9-25)10-26)30-16-14(29-13)2-4-18(7-23,8-24)20(16,11-27)12-28/h1-2,15-16H,3-4H2/t15-,16+. The first-order chi connectivity index (χ1) is 14.4. The third-order valence-electron chi connectivity index (χ3n) is 5.85. The maximum Gasteiger partial charge on any atom is 0.191 e. The molecule has 0 unspecified atom stereocenters. The van der Waals surface area contributed by atoms with Crippen LogP contribution in [0.25, 0.3) is 0 Å². The van der Waals surface area contributed by atoms with Crippen molar-refractivity contribution >= 4 is 23.5 Å². The number of nitriles is 8. The summed E-state index contributed by atoms with van der Waals surface area (Å²) in [7, 11) is 0. The molecule has 1 heterocycles. The third-order valence-corrected chi connectivity index (χ3v) is 9.18. The first kappa shape index (κ1) is 20.8. The van der Waals surface area contributed by atoms with Gasteiger partial charge < -0.3 is 0 Å². The molecule has 1 saturated heterocycles. The van der Waals surface area contributed by atoms with E-state index < -0.39 is 32.2 Å². The van der Waals surface area contributed by atoms with Gasteiger partial charge in [-0.1, -0.05) is 23.9 Å². The number of fused-ring (bicyclic) bond motifs is 2. The second kappa shape index (κ2) is 6.86. The Morgan fingerprint density at radius 2 is 0.933 bits per heavy atom. The fraction of sp³-hybridized carbons (Fsp3) is 0.400. The first-order valence-corrected chi connectivity index (χ1v) is 10.2. The lowest BCUT2D eigenvalue weighted by Crippen LogP contribution is -2.54. The van der Waals surface area contributed by atoms with E-state index in [9.17, 15) is 42.1 Å². The average Bonchev–Trinajstić information content (AvgIpc) is 2.81. The van der Waals surface area contributed by atoms with Gasteiger partial charge in [0, 0.05) is 22.7 Å². The van der Waals surface area contributed by atoms with Crippen molar-refractivity contribution in [3.05, 3.63) is 22.0 Å². The van der Waals surface area contributed by atoms with Crippen LogP contribution in [0.2, 0.25) is 0 Å². The maximum atomic E-state index is 9.94. The summed E-state index contributed by atoms with van der Waals surface area (Å²) in [5, 5.41) is 76.5. The summed E-state index contributed by atoms with van der Waals surface area (Å²) >= 11 is 2.09. The van der Waals surface area contributed by atoms with Crippen LogP contribution < -0.4 is 0 Å². The summed E-state index contributed by atoms with van der Waals surface area (Å²) in [6.45, 7) is 0. The molecule has 0 N–H and O–H groups in total. The molecule has 0 radical (unpaired) electrons. The van der Waals surface area contributed by atoms with Crippen LogP contribution in [0.1, 0.15) is 12.8 Å². The highest BCUT2D eigenvalue weighted by Crippen LogP contribution is 2.66. The molecule has 10 heteroatoms. The van der Waals surface area contributed by atoms with Gasteiger partial charge in [0.25, 0.3) is 0 Å². The Balaban J connectivity index is 2.28. The van der Waals surface area contributed by atoms with E-state index in [1.54, 1.807) is 12.2 Å². The van der Waals surface area contributed by atoms with Gasteiger partial charge in [0.2, 0.25) is 0 Å². The van der Waals surface area contributed by atoms with Crippen molar-refractivity contribution in [2.75, 3.05) is 0 Å². The van der Waals surface area contributed by atoms with E-state index in [1.165, 1.54) is 11.8 Å². The Kier molecular flexibility index (Phi) is 4.76. The summed E-state index contributed by atoms with van der Waals surface area (Å²) in [4.78, 5) is 1.16. The highest BCUT2D eigenvalue weighted by Gasteiger charge is 2.68. The zero-order valence-electron chi connectivity index (χ0n) is 15.1. The van der Waals surface area contributed by atoms with Gasteiger partial charge in [-0.05, 0) is 0 Å². The SMILES string of the molecule is N#CC1(C#N)CC=C2SC3=CCC(C#N)(C#N)C(C#N)(C#N)[C@H]3S[C@H]2C1(C#N)C#N. The fourth-order valence-corrected chi connectivity index (χ4v) is 7.52. The lowest BCUT2D eigenvalue weighted by Gasteiger charge is -2.50. The van der Waals surface area contributed by atoms with Gasteiger partial charge in [0.15, 0.2) is 21.7 Å². The zero-order chi connectivity index (χ0) is 22.2. The van der Waals surface area contributed by atoms with Gasteiger partial charge in [-0.15, -0.1) is 11.8 Å². The highest BCUT2D eigenvalue weighted by molar-refractivity contribution is 8.12. The Hall–Kier alpha value is -3.90. The van der Waals surface area contributed by atoms with Gasteiger partial charge in [-0.25, -0.2) is 0 Å². The second-order valence-corrected chi connectivity index (χ2v) is 9.30. The van der Waals surface area contributed by atoms with Crippen LogP contribution in [-0.4, -0.2) is 10.5 Å². The summed E-state index contributed by atoms with van der Waals surface area (Å²) in [5.41, 5.74) is -7.98. The predicted octanol–water partition coefficient (Wildman–Crippen LogP) is 2.91. The highest BCUT2D eigenvalue weighted by atomic mass is 32.2. The summed E-state index contributed by atoms with van der Waals surface area (Å²) < 4.78 is 0. The molecule has 8 nitrogen and oxygen atoms in total. The van der Waals surface area contributed by atoms with Crippen molar-refractivity contribution in [2.45, 2.75) is 23.3 Å². The van der Waals surface area contributed by atoms with Crippen LogP contribution in [-0.2, 0) is 0 Å². The van der Waals surface area contributed by atoms with Crippen molar-refractivity contribution in [3.63, 3.8) is 0 Å². The number of thioether (sulfide) groups is 2. The maximum absolute atomic E-state index is 9.94. The largest absolute Gasteiger partial charge is 0.196 e.